The Bertz CT molecular complexity index is 887. The number of hydrogen-bond acceptors (Lipinski definition) is 4. The summed E-state index contributed by atoms with van der Waals surface area (Å²) in [6.45, 7) is 3.61. The molecule has 4 rings (SSSR count). The monoisotopic (exact) mass is 386 g/mol. The molecule has 1 aromatic heterocycles. The summed E-state index contributed by atoms with van der Waals surface area (Å²) < 4.78 is 5.13. The minimum Gasteiger partial charge on any atom is -0.450 e. The quantitative estimate of drug-likeness (QED) is 0.572. The molecule has 0 saturated carbocycles. The third-order valence-electron chi connectivity index (χ3n) is 4.71. The van der Waals surface area contributed by atoms with Gasteiger partial charge in [0.25, 0.3) is 0 Å². The maximum Gasteiger partial charge on any atom is 0.409 e. The first kappa shape index (κ1) is 17.4. The van der Waals surface area contributed by atoms with Gasteiger partial charge in [0.2, 0.25) is 0 Å². The van der Waals surface area contributed by atoms with Crippen molar-refractivity contribution in [3.63, 3.8) is 0 Å². The van der Waals surface area contributed by atoms with Crippen molar-refractivity contribution in [2.45, 2.75) is 29.7 Å². The second-order valence-electron chi connectivity index (χ2n) is 6.26. The smallest absolute Gasteiger partial charge is 0.409 e. The number of benzene rings is 1. The van der Waals surface area contributed by atoms with Gasteiger partial charge in [0, 0.05) is 34.8 Å². The Balaban J connectivity index is 1.72. The van der Waals surface area contributed by atoms with Crippen LogP contribution in [0, 0.1) is 0 Å². The fourth-order valence-corrected chi connectivity index (χ4v) is 4.81. The SMILES string of the molecule is CCOC(=O)N1CCC(=C2c3ccc(Cl)cc3Sc3ncccc32)CC1. The highest BCUT2D eigenvalue weighted by molar-refractivity contribution is 7.99. The summed E-state index contributed by atoms with van der Waals surface area (Å²) in [5, 5.41) is 1.75. The van der Waals surface area contributed by atoms with Gasteiger partial charge in [-0.1, -0.05) is 41.1 Å². The average Bonchev–Trinajstić information content (AvgIpc) is 2.66. The van der Waals surface area contributed by atoms with Gasteiger partial charge < -0.3 is 9.64 Å². The minimum atomic E-state index is -0.218. The van der Waals surface area contributed by atoms with Crippen LogP contribution in [0.3, 0.4) is 0 Å². The highest BCUT2D eigenvalue weighted by Crippen LogP contribution is 2.47. The van der Waals surface area contributed by atoms with Crippen molar-refractivity contribution in [2.75, 3.05) is 19.7 Å². The Morgan fingerprint density at radius 2 is 2.08 bits per heavy atom. The molecule has 0 atom stereocenters. The Morgan fingerprint density at radius 1 is 1.27 bits per heavy atom. The summed E-state index contributed by atoms with van der Waals surface area (Å²) in [4.78, 5) is 19.5. The number of aromatic nitrogens is 1. The Labute approximate surface area is 162 Å². The van der Waals surface area contributed by atoms with Crippen molar-refractivity contribution in [3.8, 4) is 0 Å². The van der Waals surface area contributed by atoms with Gasteiger partial charge in [0.15, 0.2) is 0 Å². The first-order valence-corrected chi connectivity index (χ1v) is 9.93. The van der Waals surface area contributed by atoms with E-state index in [2.05, 4.69) is 17.1 Å². The largest absolute Gasteiger partial charge is 0.450 e. The molecule has 26 heavy (non-hydrogen) atoms. The van der Waals surface area contributed by atoms with E-state index in [4.69, 9.17) is 16.3 Å². The number of rotatable bonds is 1. The molecule has 2 aromatic rings. The van der Waals surface area contributed by atoms with E-state index in [1.165, 1.54) is 22.3 Å². The van der Waals surface area contributed by atoms with Gasteiger partial charge >= 0.3 is 6.09 Å². The summed E-state index contributed by atoms with van der Waals surface area (Å²) in [7, 11) is 0. The maximum atomic E-state index is 12.0. The van der Waals surface area contributed by atoms with Crippen molar-refractivity contribution in [2.24, 2.45) is 0 Å². The molecular weight excluding hydrogens is 368 g/mol. The lowest BCUT2D eigenvalue weighted by atomic mass is 9.89. The Hall–Kier alpha value is -1.98. The van der Waals surface area contributed by atoms with Crippen LogP contribution in [-0.4, -0.2) is 35.7 Å². The van der Waals surface area contributed by atoms with Crippen LogP contribution in [0.1, 0.15) is 30.9 Å². The zero-order valence-corrected chi connectivity index (χ0v) is 16.1. The van der Waals surface area contributed by atoms with Crippen molar-refractivity contribution < 1.29 is 9.53 Å². The second kappa shape index (κ2) is 7.33. The summed E-state index contributed by atoms with van der Waals surface area (Å²) in [5.41, 5.74) is 5.00. The predicted octanol–water partition coefficient (Wildman–Crippen LogP) is 5.25. The molecule has 0 spiro atoms. The molecule has 134 valence electrons. The summed E-state index contributed by atoms with van der Waals surface area (Å²) >= 11 is 7.88. The number of ether oxygens (including phenoxy) is 1. The van der Waals surface area contributed by atoms with Gasteiger partial charge in [-0.05, 0) is 49.1 Å². The lowest BCUT2D eigenvalue weighted by Crippen LogP contribution is -2.37. The van der Waals surface area contributed by atoms with Gasteiger partial charge in [-0.25, -0.2) is 9.78 Å². The highest BCUT2D eigenvalue weighted by Gasteiger charge is 2.28. The van der Waals surface area contributed by atoms with E-state index in [1.807, 2.05) is 31.3 Å². The molecule has 2 aliphatic heterocycles. The number of fused-ring (bicyclic) bond motifs is 2. The van der Waals surface area contributed by atoms with Crippen LogP contribution in [0.25, 0.3) is 5.57 Å². The Morgan fingerprint density at radius 3 is 2.85 bits per heavy atom. The van der Waals surface area contributed by atoms with E-state index < -0.39 is 0 Å². The summed E-state index contributed by atoms with van der Waals surface area (Å²) in [5.74, 6) is 0. The molecular formula is C20H19ClN2O2S. The molecule has 0 aliphatic carbocycles. The average molecular weight is 387 g/mol. The molecule has 2 aliphatic rings. The van der Waals surface area contributed by atoms with Crippen molar-refractivity contribution in [1.29, 1.82) is 0 Å². The Kier molecular flexibility index (Phi) is 4.92. The van der Waals surface area contributed by atoms with Crippen LogP contribution < -0.4 is 0 Å². The fraction of sp³-hybridized carbons (Fsp3) is 0.300. The predicted molar refractivity (Wildman–Crippen MR) is 104 cm³/mol. The number of hydrogen-bond donors (Lipinski definition) is 0. The fourth-order valence-electron chi connectivity index (χ4n) is 3.50. The summed E-state index contributed by atoms with van der Waals surface area (Å²) in [6.07, 6.45) is 3.29. The third-order valence-corrected chi connectivity index (χ3v) is 6.02. The number of nitrogens with zero attached hydrogens (tertiary/aromatic N) is 2. The van der Waals surface area contributed by atoms with E-state index in [-0.39, 0.29) is 6.09 Å². The standard InChI is InChI=1S/C20H19ClN2O2S/c1-2-25-20(24)23-10-7-13(8-11-23)18-15-6-5-14(21)12-17(15)26-19-16(18)4-3-9-22-19/h3-6,9,12H,2,7-8,10-11H2,1H3. The topological polar surface area (TPSA) is 42.4 Å². The van der Waals surface area contributed by atoms with E-state index in [0.29, 0.717) is 19.7 Å². The van der Waals surface area contributed by atoms with Crippen LogP contribution in [0.5, 0.6) is 0 Å². The lowest BCUT2D eigenvalue weighted by molar-refractivity contribution is 0.104. The first-order chi connectivity index (χ1) is 12.7. The number of likely N-dealkylation sites (tertiary alicyclic amines) is 1. The number of amides is 1. The summed E-state index contributed by atoms with van der Waals surface area (Å²) in [6, 6.07) is 10.2. The molecule has 1 amide bonds. The molecule has 0 bridgehead atoms. The van der Waals surface area contributed by atoms with Crippen LogP contribution in [0.2, 0.25) is 5.02 Å². The lowest BCUT2D eigenvalue weighted by Gasteiger charge is -2.31. The normalized spacial score (nSPS) is 16.2. The van der Waals surface area contributed by atoms with Crippen LogP contribution >= 0.6 is 23.4 Å². The molecule has 4 nitrogen and oxygen atoms in total. The van der Waals surface area contributed by atoms with E-state index in [9.17, 15) is 4.79 Å². The van der Waals surface area contributed by atoms with Gasteiger partial charge in [-0.15, -0.1) is 0 Å². The molecule has 1 saturated heterocycles. The van der Waals surface area contributed by atoms with Gasteiger partial charge in [-0.2, -0.15) is 0 Å². The zero-order valence-electron chi connectivity index (χ0n) is 14.5. The highest BCUT2D eigenvalue weighted by atomic mass is 35.5. The van der Waals surface area contributed by atoms with E-state index in [0.717, 1.165) is 27.8 Å². The molecule has 6 heteroatoms. The second-order valence-corrected chi connectivity index (χ2v) is 7.73. The van der Waals surface area contributed by atoms with Gasteiger partial charge in [0.1, 0.15) is 5.03 Å². The number of pyridine rings is 1. The number of halogens is 1. The van der Waals surface area contributed by atoms with E-state index in [1.54, 1.807) is 16.7 Å². The molecule has 3 heterocycles. The number of piperidine rings is 1. The molecule has 0 unspecified atom stereocenters. The van der Waals surface area contributed by atoms with Gasteiger partial charge in [0.05, 0.1) is 6.61 Å². The van der Waals surface area contributed by atoms with Crippen molar-refractivity contribution >= 4 is 35.0 Å². The van der Waals surface area contributed by atoms with Crippen LogP contribution in [0.15, 0.2) is 52.0 Å². The third kappa shape index (κ3) is 3.21. The molecule has 0 radical (unpaired) electrons. The van der Waals surface area contributed by atoms with Crippen molar-refractivity contribution in [1.82, 2.24) is 9.88 Å². The number of carbonyl (C=O) groups excluding carboxylic acids is 1. The van der Waals surface area contributed by atoms with Crippen LogP contribution in [-0.2, 0) is 4.74 Å². The van der Waals surface area contributed by atoms with Crippen molar-refractivity contribution in [3.05, 3.63) is 58.3 Å². The molecule has 1 fully saturated rings. The van der Waals surface area contributed by atoms with Gasteiger partial charge in [-0.3, -0.25) is 0 Å². The van der Waals surface area contributed by atoms with Crippen LogP contribution in [0.4, 0.5) is 4.79 Å². The zero-order chi connectivity index (χ0) is 18.1. The van der Waals surface area contributed by atoms with E-state index >= 15 is 0 Å². The first-order valence-electron chi connectivity index (χ1n) is 8.74. The number of carbonyl (C=O) groups is 1. The molecule has 0 N–H and O–H groups in total. The molecule has 1 aromatic carbocycles. The minimum absolute atomic E-state index is 0.218. The maximum absolute atomic E-state index is 12.0.